The molecule has 0 spiro atoms. The molecular formula is C13H25NO4S. The van der Waals surface area contributed by atoms with Crippen LogP contribution >= 0.6 is 11.8 Å². The van der Waals surface area contributed by atoms with Crippen molar-refractivity contribution in [2.45, 2.75) is 58.7 Å². The van der Waals surface area contributed by atoms with Crippen molar-refractivity contribution >= 4 is 23.8 Å². The minimum absolute atomic E-state index is 0.224. The van der Waals surface area contributed by atoms with E-state index in [1.165, 1.54) is 4.90 Å². The maximum Gasteiger partial charge on any atom is 0.411 e. The van der Waals surface area contributed by atoms with Gasteiger partial charge in [-0.1, -0.05) is 0 Å². The van der Waals surface area contributed by atoms with Crippen LogP contribution in [0.1, 0.15) is 41.0 Å². The van der Waals surface area contributed by atoms with Crippen LogP contribution in [0.3, 0.4) is 0 Å². The Morgan fingerprint density at radius 1 is 1.32 bits per heavy atom. The maximum atomic E-state index is 12.1. The minimum atomic E-state index is -0.992. The molecule has 1 atom stereocenters. The number of hydrogen-bond donors (Lipinski definition) is 1. The second-order valence-corrected chi connectivity index (χ2v) is 6.60. The summed E-state index contributed by atoms with van der Waals surface area (Å²) in [7, 11) is 0. The molecule has 19 heavy (non-hydrogen) atoms. The molecule has 6 heteroatoms. The lowest BCUT2D eigenvalue weighted by atomic mass is 10.1. The van der Waals surface area contributed by atoms with E-state index in [1.807, 2.05) is 6.26 Å². The van der Waals surface area contributed by atoms with Crippen LogP contribution in [-0.4, -0.2) is 51.8 Å². The first-order valence-electron chi connectivity index (χ1n) is 6.33. The summed E-state index contributed by atoms with van der Waals surface area (Å²) in [6, 6.07) is -1.07. The van der Waals surface area contributed by atoms with Crippen molar-refractivity contribution in [3.8, 4) is 0 Å². The van der Waals surface area contributed by atoms with E-state index in [1.54, 1.807) is 46.4 Å². The van der Waals surface area contributed by atoms with Crippen LogP contribution in [0.5, 0.6) is 0 Å². The Morgan fingerprint density at radius 2 is 1.84 bits per heavy atom. The van der Waals surface area contributed by atoms with Crippen molar-refractivity contribution in [1.82, 2.24) is 4.90 Å². The van der Waals surface area contributed by atoms with Gasteiger partial charge in [0.25, 0.3) is 0 Å². The first kappa shape index (κ1) is 18.1. The lowest BCUT2D eigenvalue weighted by molar-refractivity contribution is -0.144. The molecule has 1 N–H and O–H groups in total. The fourth-order valence-corrected chi connectivity index (χ4v) is 2.08. The highest BCUT2D eigenvalue weighted by atomic mass is 32.2. The number of carbonyl (C=O) groups is 2. The summed E-state index contributed by atoms with van der Waals surface area (Å²) in [5, 5.41) is 9.31. The number of carboxylic acid groups (broad SMARTS) is 1. The Labute approximate surface area is 119 Å². The lowest BCUT2D eigenvalue weighted by Gasteiger charge is -2.34. The second kappa shape index (κ2) is 7.62. The van der Waals surface area contributed by atoms with Crippen molar-refractivity contribution in [2.75, 3.05) is 12.0 Å². The van der Waals surface area contributed by atoms with E-state index in [4.69, 9.17) is 4.74 Å². The van der Waals surface area contributed by atoms with Crippen LogP contribution < -0.4 is 0 Å². The molecular weight excluding hydrogens is 266 g/mol. The highest BCUT2D eigenvalue weighted by molar-refractivity contribution is 7.98. The molecule has 1 amide bonds. The highest BCUT2D eigenvalue weighted by Crippen LogP contribution is 2.17. The standard InChI is InChI=1S/C13H25NO4S/c1-9(2)14(12(17)18-13(3,4)5)10(11(15)16)7-8-19-6/h9-10H,7-8H2,1-6H3,(H,15,16). The van der Waals surface area contributed by atoms with Crippen molar-refractivity contribution < 1.29 is 19.4 Å². The number of aliphatic carboxylic acids is 1. The highest BCUT2D eigenvalue weighted by Gasteiger charge is 2.34. The Kier molecular flexibility index (Phi) is 7.26. The third-order valence-electron chi connectivity index (χ3n) is 2.38. The van der Waals surface area contributed by atoms with Gasteiger partial charge in [-0.2, -0.15) is 11.8 Å². The maximum absolute atomic E-state index is 12.1. The number of thioether (sulfide) groups is 1. The zero-order valence-electron chi connectivity index (χ0n) is 12.6. The molecule has 5 nitrogen and oxygen atoms in total. The summed E-state index contributed by atoms with van der Waals surface area (Å²) in [6.07, 6.45) is 1.75. The molecule has 0 aliphatic rings. The summed E-state index contributed by atoms with van der Waals surface area (Å²) in [4.78, 5) is 24.8. The van der Waals surface area contributed by atoms with Gasteiger partial charge in [-0.15, -0.1) is 0 Å². The smallest absolute Gasteiger partial charge is 0.411 e. The summed E-state index contributed by atoms with van der Waals surface area (Å²) in [6.45, 7) is 8.88. The number of nitrogens with zero attached hydrogens (tertiary/aromatic N) is 1. The van der Waals surface area contributed by atoms with Crippen LogP contribution in [0.2, 0.25) is 0 Å². The third-order valence-corrected chi connectivity index (χ3v) is 3.02. The van der Waals surface area contributed by atoms with Crippen LogP contribution in [0.15, 0.2) is 0 Å². The number of carboxylic acids is 1. The zero-order valence-corrected chi connectivity index (χ0v) is 13.4. The molecule has 0 aliphatic heterocycles. The molecule has 0 radical (unpaired) electrons. The summed E-state index contributed by atoms with van der Waals surface area (Å²) in [5.41, 5.74) is -0.632. The van der Waals surface area contributed by atoms with Gasteiger partial charge in [-0.05, 0) is 53.0 Å². The first-order chi connectivity index (χ1) is 8.60. The van der Waals surface area contributed by atoms with E-state index >= 15 is 0 Å². The van der Waals surface area contributed by atoms with Gasteiger partial charge in [0, 0.05) is 6.04 Å². The van der Waals surface area contributed by atoms with E-state index in [2.05, 4.69) is 0 Å². The normalized spacial score (nSPS) is 13.2. The van der Waals surface area contributed by atoms with E-state index in [-0.39, 0.29) is 6.04 Å². The lowest BCUT2D eigenvalue weighted by Crippen LogP contribution is -2.50. The minimum Gasteiger partial charge on any atom is -0.480 e. The number of ether oxygens (including phenoxy) is 1. The molecule has 0 aromatic heterocycles. The predicted octanol–water partition coefficient (Wildman–Crippen LogP) is 2.84. The van der Waals surface area contributed by atoms with Gasteiger partial charge in [0.2, 0.25) is 0 Å². The van der Waals surface area contributed by atoms with Crippen LogP contribution in [-0.2, 0) is 9.53 Å². The van der Waals surface area contributed by atoms with Gasteiger partial charge in [-0.25, -0.2) is 9.59 Å². The summed E-state index contributed by atoms with van der Waals surface area (Å²) < 4.78 is 5.29. The van der Waals surface area contributed by atoms with Gasteiger partial charge >= 0.3 is 12.1 Å². The molecule has 0 bridgehead atoms. The number of carbonyl (C=O) groups excluding carboxylic acids is 1. The fourth-order valence-electron chi connectivity index (χ4n) is 1.62. The van der Waals surface area contributed by atoms with Gasteiger partial charge < -0.3 is 9.84 Å². The molecule has 0 saturated carbocycles. The Balaban J connectivity index is 5.03. The second-order valence-electron chi connectivity index (χ2n) is 5.62. The summed E-state index contributed by atoms with van der Waals surface area (Å²) in [5.74, 6) is -0.309. The largest absolute Gasteiger partial charge is 0.480 e. The first-order valence-corrected chi connectivity index (χ1v) is 7.72. The van der Waals surface area contributed by atoms with Gasteiger partial charge in [-0.3, -0.25) is 4.90 Å². The molecule has 0 rings (SSSR count). The number of amides is 1. The van der Waals surface area contributed by atoms with E-state index in [0.717, 1.165) is 0 Å². The van der Waals surface area contributed by atoms with Crippen LogP contribution in [0, 0.1) is 0 Å². The molecule has 0 aromatic rings. The van der Waals surface area contributed by atoms with E-state index in [0.29, 0.717) is 12.2 Å². The molecule has 0 aromatic carbocycles. The van der Waals surface area contributed by atoms with Gasteiger partial charge in [0.05, 0.1) is 0 Å². The SMILES string of the molecule is CSCCC(C(=O)O)N(C(=O)OC(C)(C)C)C(C)C. The molecule has 0 fully saturated rings. The Hall–Kier alpha value is -0.910. The van der Waals surface area contributed by atoms with Crippen LogP contribution in [0.4, 0.5) is 4.79 Å². The summed E-state index contributed by atoms with van der Waals surface area (Å²) >= 11 is 1.56. The van der Waals surface area contributed by atoms with Crippen molar-refractivity contribution in [2.24, 2.45) is 0 Å². The van der Waals surface area contributed by atoms with Gasteiger partial charge in [0.15, 0.2) is 0 Å². The molecule has 0 aliphatic carbocycles. The average Bonchev–Trinajstić information content (AvgIpc) is 2.19. The molecule has 1 unspecified atom stereocenters. The van der Waals surface area contributed by atoms with Crippen LogP contribution in [0.25, 0.3) is 0 Å². The third kappa shape index (κ3) is 6.71. The predicted molar refractivity (Wildman–Crippen MR) is 77.6 cm³/mol. The van der Waals surface area contributed by atoms with E-state index < -0.39 is 23.7 Å². The quantitative estimate of drug-likeness (QED) is 0.815. The van der Waals surface area contributed by atoms with Crippen molar-refractivity contribution in [3.05, 3.63) is 0 Å². The fraction of sp³-hybridized carbons (Fsp3) is 0.846. The number of hydrogen-bond acceptors (Lipinski definition) is 4. The molecule has 0 heterocycles. The van der Waals surface area contributed by atoms with E-state index in [9.17, 15) is 14.7 Å². The monoisotopic (exact) mass is 291 g/mol. The Morgan fingerprint density at radius 3 is 2.16 bits per heavy atom. The molecule has 112 valence electrons. The average molecular weight is 291 g/mol. The molecule has 0 saturated heterocycles. The van der Waals surface area contributed by atoms with Crippen molar-refractivity contribution in [1.29, 1.82) is 0 Å². The van der Waals surface area contributed by atoms with Crippen molar-refractivity contribution in [3.63, 3.8) is 0 Å². The number of rotatable bonds is 6. The Bertz CT molecular complexity index is 312. The van der Waals surface area contributed by atoms with Gasteiger partial charge in [0.1, 0.15) is 11.6 Å². The zero-order chi connectivity index (χ0) is 15.2. The topological polar surface area (TPSA) is 66.8 Å².